The molecule has 0 amide bonds. The zero-order chi connectivity index (χ0) is 26.9. The van der Waals surface area contributed by atoms with Crippen molar-refractivity contribution in [1.29, 1.82) is 0 Å². The van der Waals surface area contributed by atoms with Gasteiger partial charge in [-0.2, -0.15) is 5.10 Å². The quantitative estimate of drug-likeness (QED) is 0.314. The Hall–Kier alpha value is -3.47. The SMILES string of the molecule is O=C(O)c1ccc2nc(CN3CCC(n4nccc4OCc4ccc(Cl)cc4F)CC3)n(C[C@@H]3CCO3)c2c1. The molecule has 1 atom stereocenters. The minimum Gasteiger partial charge on any atom is -0.478 e. The summed E-state index contributed by atoms with van der Waals surface area (Å²) in [5.74, 6) is 0.179. The summed E-state index contributed by atoms with van der Waals surface area (Å²) < 4.78 is 29.8. The zero-order valence-corrected chi connectivity index (χ0v) is 22.1. The number of ether oxygens (including phenoxy) is 2. The van der Waals surface area contributed by atoms with Crippen molar-refractivity contribution >= 4 is 28.6 Å². The second kappa shape index (κ2) is 11.0. The molecule has 2 fully saturated rings. The molecule has 39 heavy (non-hydrogen) atoms. The van der Waals surface area contributed by atoms with Gasteiger partial charge in [-0.25, -0.2) is 18.9 Å². The van der Waals surface area contributed by atoms with Crippen LogP contribution in [0.2, 0.25) is 5.02 Å². The number of carboxylic acid groups (broad SMARTS) is 1. The van der Waals surface area contributed by atoms with Crippen molar-refractivity contribution in [1.82, 2.24) is 24.2 Å². The van der Waals surface area contributed by atoms with E-state index in [4.69, 9.17) is 26.1 Å². The van der Waals surface area contributed by atoms with E-state index in [0.29, 0.717) is 29.6 Å². The number of hydrogen-bond acceptors (Lipinski definition) is 6. The topological polar surface area (TPSA) is 94.6 Å². The van der Waals surface area contributed by atoms with Crippen molar-refractivity contribution < 1.29 is 23.8 Å². The molecule has 6 rings (SSSR count). The molecule has 2 aromatic carbocycles. The summed E-state index contributed by atoms with van der Waals surface area (Å²) in [4.78, 5) is 18.8. The van der Waals surface area contributed by atoms with Crippen molar-refractivity contribution in [3.63, 3.8) is 0 Å². The second-order valence-corrected chi connectivity index (χ2v) is 10.5. The van der Waals surface area contributed by atoms with Gasteiger partial charge in [-0.15, -0.1) is 0 Å². The maximum Gasteiger partial charge on any atom is 0.335 e. The summed E-state index contributed by atoms with van der Waals surface area (Å²) >= 11 is 5.85. The first-order valence-electron chi connectivity index (χ1n) is 13.1. The minimum absolute atomic E-state index is 0.0953. The van der Waals surface area contributed by atoms with Crippen molar-refractivity contribution in [3.8, 4) is 5.88 Å². The highest BCUT2D eigenvalue weighted by Crippen LogP contribution is 2.29. The van der Waals surface area contributed by atoms with Crippen molar-refractivity contribution in [2.24, 2.45) is 0 Å². The van der Waals surface area contributed by atoms with Crippen LogP contribution in [0.1, 0.15) is 47.1 Å². The maximum atomic E-state index is 14.2. The molecule has 204 valence electrons. The molecule has 2 aliphatic heterocycles. The monoisotopic (exact) mass is 553 g/mol. The Morgan fingerprint density at radius 3 is 2.69 bits per heavy atom. The van der Waals surface area contributed by atoms with Gasteiger partial charge in [0.2, 0.25) is 5.88 Å². The fourth-order valence-electron chi connectivity index (χ4n) is 5.27. The molecule has 9 nitrogen and oxygen atoms in total. The van der Waals surface area contributed by atoms with Gasteiger partial charge in [0.25, 0.3) is 0 Å². The molecule has 4 aromatic rings. The van der Waals surface area contributed by atoms with E-state index in [9.17, 15) is 14.3 Å². The Bertz CT molecular complexity index is 1490. The standard InChI is InChI=1S/C28H29ClFN5O4/c29-20-3-1-19(23(30)14-20)17-39-27-5-9-31-35(27)21-6-10-33(11-7-21)16-26-32-24-4-2-18(28(36)37)13-25(24)34(26)15-22-8-12-38-22/h1-5,9,13-14,21-22H,6-8,10-12,15-17H2,(H,36,37)/t22-/m0/s1. The van der Waals surface area contributed by atoms with Gasteiger partial charge in [0.1, 0.15) is 18.2 Å². The van der Waals surface area contributed by atoms with Gasteiger partial charge < -0.3 is 19.1 Å². The van der Waals surface area contributed by atoms with Crippen LogP contribution in [-0.4, -0.2) is 61.1 Å². The number of nitrogens with zero attached hydrogens (tertiary/aromatic N) is 5. The number of likely N-dealkylation sites (tertiary alicyclic amines) is 1. The molecule has 0 bridgehead atoms. The Balaban J connectivity index is 1.12. The zero-order valence-electron chi connectivity index (χ0n) is 21.3. The third-order valence-corrected chi connectivity index (χ3v) is 7.78. The van der Waals surface area contributed by atoms with Gasteiger partial charge in [0, 0.05) is 36.3 Å². The molecule has 0 radical (unpaired) electrons. The minimum atomic E-state index is -0.951. The lowest BCUT2D eigenvalue weighted by molar-refractivity contribution is -0.0592. The van der Waals surface area contributed by atoms with Crippen LogP contribution in [0.5, 0.6) is 5.88 Å². The van der Waals surface area contributed by atoms with Crippen LogP contribution in [0.15, 0.2) is 48.7 Å². The van der Waals surface area contributed by atoms with Crippen molar-refractivity contribution in [3.05, 3.63) is 76.5 Å². The fourth-order valence-corrected chi connectivity index (χ4v) is 5.42. The number of carboxylic acids is 1. The average molecular weight is 554 g/mol. The molecule has 2 aliphatic rings. The smallest absolute Gasteiger partial charge is 0.335 e. The van der Waals surface area contributed by atoms with Crippen molar-refractivity contribution in [2.45, 2.75) is 51.1 Å². The lowest BCUT2D eigenvalue weighted by Crippen LogP contribution is -2.36. The van der Waals surface area contributed by atoms with Gasteiger partial charge in [-0.1, -0.05) is 17.7 Å². The number of halogens is 2. The first-order valence-corrected chi connectivity index (χ1v) is 13.5. The van der Waals surface area contributed by atoms with Crippen LogP contribution in [0.25, 0.3) is 11.0 Å². The predicted molar refractivity (Wildman–Crippen MR) is 143 cm³/mol. The predicted octanol–water partition coefficient (Wildman–Crippen LogP) is 4.93. The lowest BCUT2D eigenvalue weighted by Gasteiger charge is -2.33. The van der Waals surface area contributed by atoms with Crippen LogP contribution >= 0.6 is 11.6 Å². The number of aromatic nitrogens is 4. The summed E-state index contributed by atoms with van der Waals surface area (Å²) in [6.07, 6.45) is 4.57. The number of benzene rings is 2. The Kier molecular flexibility index (Phi) is 7.24. The third-order valence-electron chi connectivity index (χ3n) is 7.55. The first-order chi connectivity index (χ1) is 18.9. The molecular formula is C28H29ClFN5O4. The summed E-state index contributed by atoms with van der Waals surface area (Å²) in [7, 11) is 0. The van der Waals surface area contributed by atoms with E-state index in [1.54, 1.807) is 42.6 Å². The van der Waals surface area contributed by atoms with E-state index in [1.807, 2.05) is 4.68 Å². The molecule has 0 aliphatic carbocycles. The first kappa shape index (κ1) is 25.8. The maximum absolute atomic E-state index is 14.2. The molecule has 2 aromatic heterocycles. The van der Waals surface area contributed by atoms with E-state index in [0.717, 1.165) is 55.8 Å². The molecular weight excluding hydrogens is 525 g/mol. The third kappa shape index (κ3) is 5.50. The van der Waals surface area contributed by atoms with E-state index >= 15 is 0 Å². The second-order valence-electron chi connectivity index (χ2n) is 10.1. The molecule has 11 heteroatoms. The van der Waals surface area contributed by atoms with Gasteiger partial charge in [-0.3, -0.25) is 4.90 Å². The highest BCUT2D eigenvalue weighted by molar-refractivity contribution is 6.30. The highest BCUT2D eigenvalue weighted by atomic mass is 35.5. The number of aromatic carboxylic acids is 1. The summed E-state index contributed by atoms with van der Waals surface area (Å²) in [5.41, 5.74) is 2.31. The van der Waals surface area contributed by atoms with E-state index in [-0.39, 0.29) is 24.3 Å². The molecule has 0 saturated carbocycles. The van der Waals surface area contributed by atoms with Gasteiger partial charge in [-0.05, 0) is 49.6 Å². The number of carbonyl (C=O) groups is 1. The van der Waals surface area contributed by atoms with Crippen LogP contribution in [0.4, 0.5) is 4.39 Å². The summed E-state index contributed by atoms with van der Waals surface area (Å²) in [5, 5.41) is 14.3. The Morgan fingerprint density at radius 2 is 1.97 bits per heavy atom. The van der Waals surface area contributed by atoms with Gasteiger partial charge in [0.15, 0.2) is 0 Å². The van der Waals surface area contributed by atoms with E-state index in [1.165, 1.54) is 6.07 Å². The Morgan fingerprint density at radius 1 is 1.15 bits per heavy atom. The molecule has 1 N–H and O–H groups in total. The molecule has 4 heterocycles. The molecule has 0 spiro atoms. The molecule has 2 saturated heterocycles. The van der Waals surface area contributed by atoms with E-state index < -0.39 is 11.8 Å². The summed E-state index contributed by atoms with van der Waals surface area (Å²) in [6, 6.07) is 11.6. The van der Waals surface area contributed by atoms with E-state index in [2.05, 4.69) is 14.6 Å². The van der Waals surface area contributed by atoms with Crippen LogP contribution in [0, 0.1) is 5.82 Å². The number of fused-ring (bicyclic) bond motifs is 1. The molecule has 0 unspecified atom stereocenters. The number of imidazole rings is 1. The highest BCUT2D eigenvalue weighted by Gasteiger charge is 2.27. The van der Waals surface area contributed by atoms with Crippen LogP contribution in [-0.2, 0) is 24.4 Å². The number of hydrogen-bond donors (Lipinski definition) is 1. The fraction of sp³-hybridized carbons (Fsp3) is 0.393. The Labute approximate surface area is 229 Å². The average Bonchev–Trinajstić information content (AvgIpc) is 3.50. The van der Waals surface area contributed by atoms with Crippen LogP contribution in [0.3, 0.4) is 0 Å². The number of piperidine rings is 1. The normalized spacial score (nSPS) is 18.4. The lowest BCUT2D eigenvalue weighted by atomic mass is 10.1. The van der Waals surface area contributed by atoms with Crippen LogP contribution < -0.4 is 4.74 Å². The largest absolute Gasteiger partial charge is 0.478 e. The summed E-state index contributed by atoms with van der Waals surface area (Å²) in [6.45, 7) is 3.87. The van der Waals surface area contributed by atoms with Gasteiger partial charge >= 0.3 is 5.97 Å². The van der Waals surface area contributed by atoms with Crippen molar-refractivity contribution in [2.75, 3.05) is 19.7 Å². The van der Waals surface area contributed by atoms with Gasteiger partial charge in [0.05, 0.1) is 48.0 Å². The number of rotatable bonds is 9.